The van der Waals surface area contributed by atoms with Crippen molar-refractivity contribution >= 4 is 29.7 Å². The molecule has 6 unspecified atom stereocenters. The van der Waals surface area contributed by atoms with Gasteiger partial charge in [-0.25, -0.2) is 0 Å². The summed E-state index contributed by atoms with van der Waals surface area (Å²) >= 11 is 6.42. The number of benzene rings is 2. The summed E-state index contributed by atoms with van der Waals surface area (Å²) < 4.78 is 16.8. The molecule has 6 rings (SSSR count). The summed E-state index contributed by atoms with van der Waals surface area (Å²) in [5.74, 6) is 2.75. The van der Waals surface area contributed by atoms with E-state index in [1.54, 1.807) is 4.90 Å². The molecule has 2 aromatic carbocycles. The Morgan fingerprint density at radius 2 is 1.93 bits per heavy atom. The number of aliphatic hydroxyl groups excluding tert-OH is 1. The number of methoxy groups -OCH3 is 1. The largest absolute Gasteiger partial charge is 0.491 e. The van der Waals surface area contributed by atoms with Gasteiger partial charge in [-0.1, -0.05) is 37.1 Å². The lowest BCUT2D eigenvalue weighted by atomic mass is 9.67. The van der Waals surface area contributed by atoms with Crippen LogP contribution in [0.15, 0.2) is 36.4 Å². The standard InChI is InChI=1S/C34H45ClN2O4.C2H4O2/c1-3-4-23-16-27(35)7-9-28(23)26-20-37-19-25-5-8-29(25)33-15-22(12-14-40-33)11-13-36(2)34(39)18-31(38)24-6-10-32(41-21-26)30(37)17-24;1-4-2-3/h6-7,9-10,16-17,22,25-26,29,31,33,38H,3-5,8,11-15,18-21H2,1-2H3;2H,1H3. The van der Waals surface area contributed by atoms with Crippen molar-refractivity contribution in [3.05, 3.63) is 58.1 Å². The van der Waals surface area contributed by atoms with Gasteiger partial charge in [-0.2, -0.15) is 0 Å². The van der Waals surface area contributed by atoms with E-state index < -0.39 is 6.10 Å². The molecule has 3 heterocycles. The number of anilines is 1. The molecule has 0 aromatic heterocycles. The normalized spacial score (nSPS) is 28.3. The summed E-state index contributed by atoms with van der Waals surface area (Å²) in [6, 6.07) is 12.3. The van der Waals surface area contributed by atoms with Gasteiger partial charge in [0, 0.05) is 44.2 Å². The summed E-state index contributed by atoms with van der Waals surface area (Å²) in [4.78, 5) is 26.3. The Bertz CT molecular complexity index is 1310. The average Bonchev–Trinajstić information content (AvgIpc) is 3.21. The fraction of sp³-hybridized carbons (Fsp3) is 0.611. The highest BCUT2D eigenvalue weighted by Crippen LogP contribution is 2.45. The van der Waals surface area contributed by atoms with Crippen LogP contribution in [0, 0.1) is 17.8 Å². The van der Waals surface area contributed by atoms with E-state index in [2.05, 4.69) is 34.8 Å². The van der Waals surface area contributed by atoms with Gasteiger partial charge in [0.25, 0.3) is 6.47 Å². The predicted octanol–water partition coefficient (Wildman–Crippen LogP) is 6.17. The number of aliphatic hydroxyl groups is 1. The summed E-state index contributed by atoms with van der Waals surface area (Å²) in [5, 5.41) is 12.0. The van der Waals surface area contributed by atoms with Gasteiger partial charge in [0.15, 0.2) is 0 Å². The van der Waals surface area contributed by atoms with Gasteiger partial charge in [0.1, 0.15) is 5.75 Å². The summed E-state index contributed by atoms with van der Waals surface area (Å²) in [6.45, 7) is 6.50. The zero-order valence-electron chi connectivity index (χ0n) is 27.0. The van der Waals surface area contributed by atoms with Crippen LogP contribution in [0.2, 0.25) is 5.02 Å². The fourth-order valence-electron chi connectivity index (χ4n) is 7.53. The monoisotopic (exact) mass is 640 g/mol. The lowest BCUT2D eigenvalue weighted by Gasteiger charge is -2.47. The van der Waals surface area contributed by atoms with Gasteiger partial charge < -0.3 is 29.1 Å². The zero-order chi connectivity index (χ0) is 31.9. The van der Waals surface area contributed by atoms with E-state index in [-0.39, 0.29) is 18.2 Å². The average molecular weight is 641 g/mol. The van der Waals surface area contributed by atoms with Crippen LogP contribution in [0.1, 0.15) is 80.6 Å². The Morgan fingerprint density at radius 3 is 2.67 bits per heavy atom. The number of nitrogens with zero attached hydrogens (tertiary/aromatic N) is 2. The number of aryl methyl sites for hydroxylation is 1. The quantitative estimate of drug-likeness (QED) is 0.400. The molecular formula is C36H49ClN2O6. The Labute approximate surface area is 273 Å². The van der Waals surface area contributed by atoms with Crippen LogP contribution in [0.3, 0.4) is 0 Å². The third-order valence-corrected chi connectivity index (χ3v) is 10.5. The molecule has 4 aliphatic rings. The number of fused-ring (bicyclic) bond motifs is 5. The van der Waals surface area contributed by atoms with Crippen molar-refractivity contribution in [3.8, 4) is 5.75 Å². The fourth-order valence-corrected chi connectivity index (χ4v) is 7.73. The molecule has 1 aliphatic carbocycles. The smallest absolute Gasteiger partial charge is 0.292 e. The Kier molecular flexibility index (Phi) is 11.7. The Morgan fingerprint density at radius 1 is 1.11 bits per heavy atom. The highest BCUT2D eigenvalue weighted by atomic mass is 35.5. The molecule has 1 saturated heterocycles. The van der Waals surface area contributed by atoms with E-state index in [1.807, 2.05) is 25.2 Å². The summed E-state index contributed by atoms with van der Waals surface area (Å²) in [6.07, 6.45) is 7.19. The first-order valence-electron chi connectivity index (χ1n) is 16.6. The maximum Gasteiger partial charge on any atom is 0.292 e. The number of ether oxygens (including phenoxy) is 3. The van der Waals surface area contributed by atoms with E-state index in [0.717, 1.165) is 80.4 Å². The topological polar surface area (TPSA) is 88.5 Å². The van der Waals surface area contributed by atoms with Gasteiger partial charge in [-0.05, 0) is 97.2 Å². The van der Waals surface area contributed by atoms with E-state index in [0.29, 0.717) is 36.9 Å². The minimum atomic E-state index is -0.847. The molecule has 3 aliphatic heterocycles. The van der Waals surface area contributed by atoms with E-state index >= 15 is 0 Å². The van der Waals surface area contributed by atoms with Crippen LogP contribution in [-0.4, -0.2) is 75.5 Å². The lowest BCUT2D eigenvalue weighted by Crippen LogP contribution is -2.47. The van der Waals surface area contributed by atoms with Gasteiger partial charge in [0.05, 0.1) is 38.0 Å². The SMILES string of the molecule is CCCc1cc(Cl)ccc1C1COc2ccc3cc2N(C1)CC1CCC1C1CC(CCO1)CCN(C)C(=O)CC3O.COC=O. The van der Waals surface area contributed by atoms with Crippen molar-refractivity contribution in [3.63, 3.8) is 0 Å². The highest BCUT2D eigenvalue weighted by molar-refractivity contribution is 6.30. The number of halogens is 1. The molecule has 1 saturated carbocycles. The molecule has 2 fully saturated rings. The van der Waals surface area contributed by atoms with Crippen LogP contribution in [0.4, 0.5) is 5.69 Å². The first kappa shape index (κ1) is 33.6. The number of carbonyl (C=O) groups excluding carboxylic acids is 2. The van der Waals surface area contributed by atoms with E-state index in [1.165, 1.54) is 31.1 Å². The van der Waals surface area contributed by atoms with Gasteiger partial charge >= 0.3 is 0 Å². The van der Waals surface area contributed by atoms with Crippen LogP contribution in [0.25, 0.3) is 0 Å². The highest BCUT2D eigenvalue weighted by Gasteiger charge is 2.42. The van der Waals surface area contributed by atoms with Crippen LogP contribution < -0.4 is 9.64 Å². The lowest BCUT2D eigenvalue weighted by molar-refractivity contribution is -0.132. The third kappa shape index (κ3) is 8.13. The molecule has 9 heteroatoms. The molecule has 1 N–H and O–H groups in total. The van der Waals surface area contributed by atoms with Crippen molar-refractivity contribution in [2.24, 2.45) is 17.8 Å². The Hall–Kier alpha value is -2.81. The first-order chi connectivity index (χ1) is 21.8. The summed E-state index contributed by atoms with van der Waals surface area (Å²) in [5.41, 5.74) is 4.41. The number of carbonyl (C=O) groups is 2. The van der Waals surface area contributed by atoms with Crippen molar-refractivity contribution < 1.29 is 28.9 Å². The maximum atomic E-state index is 13.0. The molecule has 1 amide bonds. The maximum absolute atomic E-state index is 13.0. The van der Waals surface area contributed by atoms with E-state index in [4.69, 9.17) is 25.9 Å². The zero-order valence-corrected chi connectivity index (χ0v) is 27.7. The van der Waals surface area contributed by atoms with Crippen LogP contribution in [0.5, 0.6) is 5.75 Å². The molecule has 8 nitrogen and oxygen atoms in total. The van der Waals surface area contributed by atoms with E-state index in [9.17, 15) is 9.90 Å². The van der Waals surface area contributed by atoms with Gasteiger partial charge in [-0.15, -0.1) is 0 Å². The minimum Gasteiger partial charge on any atom is -0.491 e. The molecule has 0 spiro atoms. The predicted molar refractivity (Wildman–Crippen MR) is 176 cm³/mol. The molecule has 2 aromatic rings. The van der Waals surface area contributed by atoms with Gasteiger partial charge in [0.2, 0.25) is 5.91 Å². The Balaban J connectivity index is 0.000000945. The number of hydrogen-bond acceptors (Lipinski definition) is 7. The van der Waals surface area contributed by atoms with Crippen molar-refractivity contribution in [1.29, 1.82) is 0 Å². The molecule has 246 valence electrons. The molecule has 6 atom stereocenters. The summed E-state index contributed by atoms with van der Waals surface area (Å²) in [7, 11) is 3.18. The molecular weight excluding hydrogens is 592 g/mol. The second-order valence-corrected chi connectivity index (χ2v) is 13.6. The third-order valence-electron chi connectivity index (χ3n) is 10.2. The molecule has 0 radical (unpaired) electrons. The van der Waals surface area contributed by atoms with Gasteiger partial charge in [-0.3, -0.25) is 9.59 Å². The first-order valence-corrected chi connectivity index (χ1v) is 17.0. The number of rotatable bonds is 4. The number of amides is 1. The molecule has 45 heavy (non-hydrogen) atoms. The molecule has 4 bridgehead atoms. The minimum absolute atomic E-state index is 0.0124. The second kappa shape index (κ2) is 15.7. The van der Waals surface area contributed by atoms with Crippen LogP contribution in [-0.2, 0) is 25.5 Å². The van der Waals surface area contributed by atoms with Crippen molar-refractivity contribution in [2.45, 2.75) is 76.4 Å². The van der Waals surface area contributed by atoms with Crippen molar-refractivity contribution in [2.75, 3.05) is 51.9 Å². The van der Waals surface area contributed by atoms with Crippen molar-refractivity contribution in [1.82, 2.24) is 4.90 Å². The second-order valence-electron chi connectivity index (χ2n) is 13.2. The number of hydrogen-bond donors (Lipinski definition) is 1. The van der Waals surface area contributed by atoms with Crippen LogP contribution >= 0.6 is 11.6 Å².